The third kappa shape index (κ3) is 3.86. The predicted octanol–water partition coefficient (Wildman–Crippen LogP) is 1.85. The Bertz CT molecular complexity index is 517. The Morgan fingerprint density at radius 2 is 2.11 bits per heavy atom. The van der Waals surface area contributed by atoms with Crippen molar-refractivity contribution in [1.29, 1.82) is 0 Å². The first-order valence-electron chi connectivity index (χ1n) is 6.49. The van der Waals surface area contributed by atoms with Gasteiger partial charge in [-0.05, 0) is 26.8 Å². The molecule has 0 saturated carbocycles. The van der Waals surface area contributed by atoms with Gasteiger partial charge in [-0.15, -0.1) is 11.3 Å². The summed E-state index contributed by atoms with van der Waals surface area (Å²) in [6.07, 6.45) is 3.66. The van der Waals surface area contributed by atoms with E-state index < -0.39 is 0 Å². The predicted molar refractivity (Wildman–Crippen MR) is 78.0 cm³/mol. The maximum Gasteiger partial charge on any atom is 0.0897 e. The molecule has 0 bridgehead atoms. The maximum absolute atomic E-state index is 5.63. The summed E-state index contributed by atoms with van der Waals surface area (Å²) in [6.45, 7) is 6.25. The number of hydrogen-bond acceptors (Lipinski definition) is 5. The Morgan fingerprint density at radius 1 is 1.37 bits per heavy atom. The molecule has 6 heteroatoms. The Hall–Kier alpha value is -1.24. The number of nitrogens with two attached hydrogens (primary N) is 1. The van der Waals surface area contributed by atoms with E-state index in [0.717, 1.165) is 29.2 Å². The van der Waals surface area contributed by atoms with Crippen LogP contribution in [0.2, 0.25) is 0 Å². The molecule has 3 N–H and O–H groups in total. The van der Waals surface area contributed by atoms with E-state index in [1.54, 1.807) is 11.3 Å². The molecule has 0 amide bonds. The van der Waals surface area contributed by atoms with Crippen LogP contribution in [0.5, 0.6) is 0 Å². The Morgan fingerprint density at radius 3 is 2.63 bits per heavy atom. The number of thiazole rings is 1. The van der Waals surface area contributed by atoms with E-state index in [1.165, 1.54) is 0 Å². The number of aryl methyl sites for hydroxylation is 1. The van der Waals surface area contributed by atoms with Gasteiger partial charge in [0, 0.05) is 36.5 Å². The fourth-order valence-electron chi connectivity index (χ4n) is 1.97. The molecular weight excluding hydrogens is 258 g/mol. The molecule has 1 atom stereocenters. The number of hydrazine groups is 1. The van der Waals surface area contributed by atoms with Crippen LogP contribution in [0.3, 0.4) is 0 Å². The average Bonchev–Trinajstić information content (AvgIpc) is 2.98. The van der Waals surface area contributed by atoms with Gasteiger partial charge < -0.3 is 0 Å². The molecule has 104 valence electrons. The monoisotopic (exact) mass is 279 g/mol. The summed E-state index contributed by atoms with van der Waals surface area (Å²) in [6, 6.07) is 2.60. The molecule has 0 aliphatic rings. The lowest BCUT2D eigenvalue weighted by Gasteiger charge is -2.13. The van der Waals surface area contributed by atoms with Crippen molar-refractivity contribution in [2.75, 3.05) is 0 Å². The molecule has 0 spiro atoms. The second-order valence-corrected chi connectivity index (χ2v) is 6.07. The van der Waals surface area contributed by atoms with Crippen LogP contribution in [0.25, 0.3) is 0 Å². The lowest BCUT2D eigenvalue weighted by Crippen LogP contribution is -2.38. The summed E-state index contributed by atoms with van der Waals surface area (Å²) in [5.41, 5.74) is 5.01. The molecule has 0 fully saturated rings. The van der Waals surface area contributed by atoms with Gasteiger partial charge in [0.15, 0.2) is 0 Å². The number of nitrogens with one attached hydrogen (secondary N) is 1. The van der Waals surface area contributed by atoms with Gasteiger partial charge in [-0.25, -0.2) is 4.98 Å². The molecule has 0 aromatic carbocycles. The maximum atomic E-state index is 5.63. The first-order valence-corrected chi connectivity index (χ1v) is 7.37. The second kappa shape index (κ2) is 6.27. The molecular formula is C13H21N5S. The topological polar surface area (TPSA) is 68.8 Å². The van der Waals surface area contributed by atoms with Gasteiger partial charge in [0.05, 0.1) is 16.4 Å². The van der Waals surface area contributed by atoms with Crippen molar-refractivity contribution in [2.45, 2.75) is 45.7 Å². The summed E-state index contributed by atoms with van der Waals surface area (Å²) < 4.78 is 1.97. The van der Waals surface area contributed by atoms with Crippen LogP contribution < -0.4 is 11.3 Å². The van der Waals surface area contributed by atoms with Crippen molar-refractivity contribution in [2.24, 2.45) is 5.84 Å². The van der Waals surface area contributed by atoms with Crippen molar-refractivity contribution in [3.05, 3.63) is 34.0 Å². The van der Waals surface area contributed by atoms with Gasteiger partial charge in [-0.2, -0.15) is 5.10 Å². The summed E-state index contributed by atoms with van der Waals surface area (Å²) in [5, 5.41) is 7.73. The smallest absolute Gasteiger partial charge is 0.0897 e. The van der Waals surface area contributed by atoms with Gasteiger partial charge in [0.1, 0.15) is 0 Å². The second-order valence-electron chi connectivity index (χ2n) is 5.01. The lowest BCUT2D eigenvalue weighted by atomic mass is 10.1. The molecule has 2 heterocycles. The summed E-state index contributed by atoms with van der Waals surface area (Å²) >= 11 is 1.67. The van der Waals surface area contributed by atoms with Crippen molar-refractivity contribution in [3.63, 3.8) is 0 Å². The van der Waals surface area contributed by atoms with Crippen molar-refractivity contribution >= 4 is 11.3 Å². The highest BCUT2D eigenvalue weighted by atomic mass is 32.1. The van der Waals surface area contributed by atoms with Crippen LogP contribution in [0, 0.1) is 6.92 Å². The molecule has 0 radical (unpaired) electrons. The van der Waals surface area contributed by atoms with Crippen molar-refractivity contribution in [1.82, 2.24) is 20.2 Å². The highest BCUT2D eigenvalue weighted by Crippen LogP contribution is 2.12. The van der Waals surface area contributed by atoms with Crippen molar-refractivity contribution < 1.29 is 0 Å². The van der Waals surface area contributed by atoms with E-state index in [9.17, 15) is 0 Å². The minimum atomic E-state index is 0.164. The summed E-state index contributed by atoms with van der Waals surface area (Å²) in [4.78, 5) is 4.47. The Kier molecular flexibility index (Phi) is 4.68. The normalized spacial score (nSPS) is 13.1. The average molecular weight is 279 g/mol. The van der Waals surface area contributed by atoms with Gasteiger partial charge >= 0.3 is 0 Å². The number of hydrogen-bond donors (Lipinski definition) is 2. The van der Waals surface area contributed by atoms with Gasteiger partial charge in [0.2, 0.25) is 0 Å². The van der Waals surface area contributed by atoms with E-state index >= 15 is 0 Å². The lowest BCUT2D eigenvalue weighted by molar-refractivity contribution is 0.492. The zero-order valence-corrected chi connectivity index (χ0v) is 12.4. The molecule has 0 aliphatic carbocycles. The molecule has 0 saturated heterocycles. The Labute approximate surface area is 117 Å². The minimum Gasteiger partial charge on any atom is -0.271 e. The van der Waals surface area contributed by atoms with Crippen LogP contribution >= 0.6 is 11.3 Å². The molecule has 2 aromatic rings. The van der Waals surface area contributed by atoms with Crippen LogP contribution in [0.1, 0.15) is 36.3 Å². The molecule has 1 unspecified atom stereocenters. The van der Waals surface area contributed by atoms with E-state index in [4.69, 9.17) is 5.84 Å². The fourth-order valence-corrected chi connectivity index (χ4v) is 2.60. The quantitative estimate of drug-likeness (QED) is 0.625. The third-order valence-electron chi connectivity index (χ3n) is 3.01. The Balaban J connectivity index is 1.98. The van der Waals surface area contributed by atoms with Gasteiger partial charge in [-0.3, -0.25) is 16.0 Å². The molecule has 2 aromatic heterocycles. The largest absolute Gasteiger partial charge is 0.271 e. The summed E-state index contributed by atoms with van der Waals surface area (Å²) in [7, 11) is 0. The highest BCUT2D eigenvalue weighted by molar-refractivity contribution is 7.09. The van der Waals surface area contributed by atoms with Crippen LogP contribution in [-0.2, 0) is 12.8 Å². The SMILES string of the molecule is Cc1nc(CC(Cc2ccn(C(C)C)n2)NN)cs1. The van der Waals surface area contributed by atoms with Crippen molar-refractivity contribution in [3.8, 4) is 0 Å². The molecule has 2 rings (SSSR count). The van der Waals surface area contributed by atoms with Crippen LogP contribution in [0.4, 0.5) is 0 Å². The van der Waals surface area contributed by atoms with E-state index in [-0.39, 0.29) is 6.04 Å². The van der Waals surface area contributed by atoms with Gasteiger partial charge in [0.25, 0.3) is 0 Å². The van der Waals surface area contributed by atoms with Gasteiger partial charge in [-0.1, -0.05) is 0 Å². The zero-order valence-electron chi connectivity index (χ0n) is 11.6. The number of aromatic nitrogens is 3. The first kappa shape index (κ1) is 14.2. The number of rotatable bonds is 6. The van der Waals surface area contributed by atoms with Crippen LogP contribution in [0.15, 0.2) is 17.6 Å². The third-order valence-corrected chi connectivity index (χ3v) is 3.83. The highest BCUT2D eigenvalue weighted by Gasteiger charge is 2.13. The van der Waals surface area contributed by atoms with E-state index in [1.807, 2.05) is 17.8 Å². The van der Waals surface area contributed by atoms with Crippen LogP contribution in [-0.4, -0.2) is 20.8 Å². The standard InChI is InChI=1S/C13H21N5S/c1-9(2)18-5-4-11(17-18)6-12(16-14)7-13-8-19-10(3)15-13/h4-5,8-9,12,16H,6-7,14H2,1-3H3. The zero-order chi connectivity index (χ0) is 13.8. The fraction of sp³-hybridized carbons (Fsp3) is 0.538. The number of nitrogens with zero attached hydrogens (tertiary/aromatic N) is 3. The van der Waals surface area contributed by atoms with E-state index in [0.29, 0.717) is 6.04 Å². The molecule has 5 nitrogen and oxygen atoms in total. The minimum absolute atomic E-state index is 0.164. The molecule has 19 heavy (non-hydrogen) atoms. The first-order chi connectivity index (χ1) is 9.08. The molecule has 0 aliphatic heterocycles. The summed E-state index contributed by atoms with van der Waals surface area (Å²) in [5.74, 6) is 5.63. The van der Waals surface area contributed by atoms with E-state index in [2.05, 4.69) is 40.8 Å².